The monoisotopic (exact) mass is 328 g/mol. The number of ether oxygens (including phenoxy) is 3. The molecule has 0 spiro atoms. The Labute approximate surface area is 137 Å². The lowest BCUT2D eigenvalue weighted by atomic mass is 10.1. The topological polar surface area (TPSA) is 78.1 Å². The minimum atomic E-state index is -0.335. The first kappa shape index (κ1) is 15.7. The smallest absolute Gasteiger partial charge is 0.203 e. The third kappa shape index (κ3) is 2.52. The summed E-state index contributed by atoms with van der Waals surface area (Å²) in [5.74, 6) is 1.57. The molecule has 3 rings (SSSR count). The van der Waals surface area contributed by atoms with Crippen LogP contribution in [0.4, 0.5) is 0 Å². The molecular weight excluding hydrogens is 312 g/mol. The second kappa shape index (κ2) is 6.16. The molecule has 0 fully saturated rings. The molecule has 0 atom stereocenters. The minimum Gasteiger partial charge on any atom is -0.507 e. The van der Waals surface area contributed by atoms with Gasteiger partial charge in [-0.05, 0) is 24.3 Å². The fourth-order valence-electron chi connectivity index (χ4n) is 2.56. The van der Waals surface area contributed by atoms with E-state index in [9.17, 15) is 9.90 Å². The van der Waals surface area contributed by atoms with Crippen LogP contribution in [0.3, 0.4) is 0 Å². The fourth-order valence-corrected chi connectivity index (χ4v) is 2.56. The summed E-state index contributed by atoms with van der Waals surface area (Å²) in [6, 6.07) is 9.38. The molecule has 124 valence electrons. The molecule has 2 aromatic carbocycles. The van der Waals surface area contributed by atoms with E-state index in [2.05, 4.69) is 0 Å². The summed E-state index contributed by atoms with van der Waals surface area (Å²) in [5, 5.41) is 9.98. The number of phenols is 1. The Morgan fingerprint density at radius 2 is 1.62 bits per heavy atom. The normalized spacial score (nSPS) is 10.6. The number of hydrogen-bond acceptors (Lipinski definition) is 6. The van der Waals surface area contributed by atoms with Crippen molar-refractivity contribution in [2.24, 2.45) is 0 Å². The Balaban J connectivity index is 2.26. The standard InChI is InChI=1S/C18H16O6/c1-21-15-7-10(8-16(22-2)18(15)23-3)14-9-12(20)17-11(19)5-4-6-13(17)24-14/h4-9,19H,1-3H3. The van der Waals surface area contributed by atoms with E-state index < -0.39 is 0 Å². The van der Waals surface area contributed by atoms with Gasteiger partial charge in [0.1, 0.15) is 22.5 Å². The van der Waals surface area contributed by atoms with Crippen molar-refractivity contribution < 1.29 is 23.7 Å². The Morgan fingerprint density at radius 1 is 0.958 bits per heavy atom. The summed E-state index contributed by atoms with van der Waals surface area (Å²) in [5.41, 5.74) is 0.552. The number of methoxy groups -OCH3 is 3. The van der Waals surface area contributed by atoms with E-state index in [-0.39, 0.29) is 16.6 Å². The molecule has 6 nitrogen and oxygen atoms in total. The summed E-state index contributed by atoms with van der Waals surface area (Å²) >= 11 is 0. The van der Waals surface area contributed by atoms with Crippen molar-refractivity contribution in [3.8, 4) is 34.3 Å². The largest absolute Gasteiger partial charge is 0.507 e. The van der Waals surface area contributed by atoms with Crippen LogP contribution in [0.2, 0.25) is 0 Å². The summed E-state index contributed by atoms with van der Waals surface area (Å²) in [6.07, 6.45) is 0. The molecule has 0 aliphatic carbocycles. The number of hydrogen-bond donors (Lipinski definition) is 1. The van der Waals surface area contributed by atoms with Gasteiger partial charge in [0.15, 0.2) is 16.9 Å². The molecule has 0 bridgehead atoms. The predicted octanol–water partition coefficient (Wildman–Crippen LogP) is 3.19. The zero-order valence-electron chi connectivity index (χ0n) is 13.5. The molecule has 0 saturated carbocycles. The van der Waals surface area contributed by atoms with Gasteiger partial charge in [-0.1, -0.05) is 6.07 Å². The lowest BCUT2D eigenvalue weighted by molar-refractivity contribution is 0.324. The second-order valence-corrected chi connectivity index (χ2v) is 5.04. The van der Waals surface area contributed by atoms with Gasteiger partial charge in [-0.3, -0.25) is 4.79 Å². The highest BCUT2D eigenvalue weighted by Crippen LogP contribution is 2.41. The maximum Gasteiger partial charge on any atom is 0.203 e. The molecule has 0 aliphatic rings. The van der Waals surface area contributed by atoms with E-state index in [1.807, 2.05) is 0 Å². The van der Waals surface area contributed by atoms with Crippen LogP contribution in [0.5, 0.6) is 23.0 Å². The maximum absolute atomic E-state index is 12.3. The van der Waals surface area contributed by atoms with Crippen molar-refractivity contribution in [2.75, 3.05) is 21.3 Å². The number of benzene rings is 2. The van der Waals surface area contributed by atoms with Gasteiger partial charge in [-0.2, -0.15) is 0 Å². The average Bonchev–Trinajstić information content (AvgIpc) is 2.60. The second-order valence-electron chi connectivity index (χ2n) is 5.04. The van der Waals surface area contributed by atoms with Crippen LogP contribution in [-0.4, -0.2) is 26.4 Å². The van der Waals surface area contributed by atoms with Crippen molar-refractivity contribution in [2.45, 2.75) is 0 Å². The minimum absolute atomic E-state index is 0.113. The van der Waals surface area contributed by atoms with Gasteiger partial charge in [-0.25, -0.2) is 0 Å². The Morgan fingerprint density at radius 3 is 2.21 bits per heavy atom. The summed E-state index contributed by atoms with van der Waals surface area (Å²) < 4.78 is 21.7. The van der Waals surface area contributed by atoms with Gasteiger partial charge in [-0.15, -0.1) is 0 Å². The van der Waals surface area contributed by atoms with Crippen LogP contribution in [-0.2, 0) is 0 Å². The van der Waals surface area contributed by atoms with E-state index in [1.165, 1.54) is 33.5 Å². The van der Waals surface area contributed by atoms with Crippen molar-refractivity contribution >= 4 is 11.0 Å². The van der Waals surface area contributed by atoms with Gasteiger partial charge >= 0.3 is 0 Å². The lowest BCUT2D eigenvalue weighted by Gasteiger charge is -2.14. The molecule has 0 saturated heterocycles. The molecule has 24 heavy (non-hydrogen) atoms. The van der Waals surface area contributed by atoms with E-state index in [1.54, 1.807) is 24.3 Å². The molecular formula is C18H16O6. The van der Waals surface area contributed by atoms with Crippen LogP contribution < -0.4 is 19.6 Å². The molecule has 1 N–H and O–H groups in total. The van der Waals surface area contributed by atoms with Gasteiger partial charge < -0.3 is 23.7 Å². The molecule has 0 amide bonds. The highest BCUT2D eigenvalue weighted by molar-refractivity contribution is 5.84. The third-order valence-electron chi connectivity index (χ3n) is 3.68. The Hall–Kier alpha value is -3.15. The van der Waals surface area contributed by atoms with E-state index in [4.69, 9.17) is 18.6 Å². The summed E-state index contributed by atoms with van der Waals surface area (Å²) in [6.45, 7) is 0. The first-order valence-electron chi connectivity index (χ1n) is 7.15. The molecule has 0 aliphatic heterocycles. The fraction of sp³-hybridized carbons (Fsp3) is 0.167. The van der Waals surface area contributed by atoms with Crippen LogP contribution in [0.25, 0.3) is 22.3 Å². The quantitative estimate of drug-likeness (QED) is 0.792. The molecule has 1 aromatic heterocycles. The number of rotatable bonds is 4. The van der Waals surface area contributed by atoms with Crippen molar-refractivity contribution in [1.82, 2.24) is 0 Å². The number of aromatic hydroxyl groups is 1. The lowest BCUT2D eigenvalue weighted by Crippen LogP contribution is -2.01. The molecule has 1 heterocycles. The van der Waals surface area contributed by atoms with Crippen LogP contribution in [0.15, 0.2) is 45.6 Å². The summed E-state index contributed by atoms with van der Waals surface area (Å²) in [4.78, 5) is 12.3. The van der Waals surface area contributed by atoms with Crippen LogP contribution in [0, 0.1) is 0 Å². The number of fused-ring (bicyclic) bond motifs is 1. The van der Waals surface area contributed by atoms with Crippen molar-refractivity contribution in [3.05, 3.63) is 46.6 Å². The Bertz CT molecular complexity index is 932. The first-order chi connectivity index (χ1) is 11.6. The van der Waals surface area contributed by atoms with Gasteiger partial charge in [0, 0.05) is 11.6 Å². The number of phenolic OH excluding ortho intramolecular Hbond substituents is 1. The van der Waals surface area contributed by atoms with Crippen LogP contribution >= 0.6 is 0 Å². The van der Waals surface area contributed by atoms with Crippen molar-refractivity contribution in [1.29, 1.82) is 0 Å². The molecule has 0 radical (unpaired) electrons. The third-order valence-corrected chi connectivity index (χ3v) is 3.68. The van der Waals surface area contributed by atoms with E-state index in [0.29, 0.717) is 34.2 Å². The average molecular weight is 328 g/mol. The van der Waals surface area contributed by atoms with Gasteiger partial charge in [0.25, 0.3) is 0 Å². The highest BCUT2D eigenvalue weighted by atomic mass is 16.5. The molecule has 6 heteroatoms. The SMILES string of the molecule is COc1cc(-c2cc(=O)c3c(O)cccc3o2)cc(OC)c1OC. The predicted molar refractivity (Wildman–Crippen MR) is 89.2 cm³/mol. The first-order valence-corrected chi connectivity index (χ1v) is 7.15. The van der Waals surface area contributed by atoms with Gasteiger partial charge in [0.05, 0.1) is 21.3 Å². The molecule has 3 aromatic rings. The van der Waals surface area contributed by atoms with E-state index in [0.717, 1.165) is 0 Å². The maximum atomic E-state index is 12.3. The summed E-state index contributed by atoms with van der Waals surface area (Å²) in [7, 11) is 4.53. The Kier molecular flexibility index (Phi) is 4.04. The van der Waals surface area contributed by atoms with Crippen molar-refractivity contribution in [3.63, 3.8) is 0 Å². The zero-order chi connectivity index (χ0) is 17.3. The molecule has 0 unspecified atom stereocenters. The van der Waals surface area contributed by atoms with Gasteiger partial charge in [0.2, 0.25) is 5.75 Å². The zero-order valence-corrected chi connectivity index (χ0v) is 13.5. The highest BCUT2D eigenvalue weighted by Gasteiger charge is 2.17. The van der Waals surface area contributed by atoms with Crippen LogP contribution in [0.1, 0.15) is 0 Å². The van der Waals surface area contributed by atoms with E-state index >= 15 is 0 Å².